The fourth-order valence-corrected chi connectivity index (χ4v) is 1.83. The van der Waals surface area contributed by atoms with Gasteiger partial charge in [-0.15, -0.1) is 0 Å². The molecule has 1 amide bonds. The lowest BCUT2D eigenvalue weighted by atomic mass is 10.2. The predicted molar refractivity (Wildman–Crippen MR) is 83.1 cm³/mol. The highest BCUT2D eigenvalue weighted by atomic mass is 16.5. The number of pyridine rings is 2. The summed E-state index contributed by atoms with van der Waals surface area (Å²) in [7, 11) is 1.58. The van der Waals surface area contributed by atoms with E-state index < -0.39 is 6.10 Å². The van der Waals surface area contributed by atoms with Crippen LogP contribution in [0.25, 0.3) is 0 Å². The molecule has 2 heterocycles. The van der Waals surface area contributed by atoms with Crippen LogP contribution in [0.3, 0.4) is 0 Å². The second-order valence-electron chi connectivity index (χ2n) is 4.70. The second kappa shape index (κ2) is 8.82. The lowest BCUT2D eigenvalue weighted by molar-refractivity contribution is 0.0913. The van der Waals surface area contributed by atoms with Gasteiger partial charge in [-0.1, -0.05) is 6.07 Å². The van der Waals surface area contributed by atoms with Crippen LogP contribution < -0.4 is 10.1 Å². The maximum absolute atomic E-state index is 12.1. The minimum absolute atomic E-state index is 0.0675. The number of nitrogens with zero attached hydrogens (tertiary/aromatic N) is 2. The third-order valence-electron chi connectivity index (χ3n) is 3.02. The largest absolute Gasteiger partial charge is 0.475 e. The summed E-state index contributed by atoms with van der Waals surface area (Å²) in [6.45, 7) is 0.860. The highest BCUT2D eigenvalue weighted by Crippen LogP contribution is 2.11. The molecule has 0 saturated carbocycles. The van der Waals surface area contributed by atoms with Crippen molar-refractivity contribution in [3.8, 4) is 5.88 Å². The molecule has 0 aliphatic carbocycles. The van der Waals surface area contributed by atoms with Gasteiger partial charge in [-0.2, -0.15) is 0 Å². The van der Waals surface area contributed by atoms with Crippen molar-refractivity contribution in [1.82, 2.24) is 15.3 Å². The van der Waals surface area contributed by atoms with Crippen molar-refractivity contribution in [2.45, 2.75) is 6.10 Å². The van der Waals surface area contributed by atoms with Crippen LogP contribution in [0.15, 0.2) is 42.7 Å². The molecule has 1 unspecified atom stereocenters. The summed E-state index contributed by atoms with van der Waals surface area (Å²) in [5, 5.41) is 12.6. The Balaban J connectivity index is 1.89. The Labute approximate surface area is 134 Å². The first kappa shape index (κ1) is 16.9. The first-order chi connectivity index (χ1) is 11.2. The molecule has 0 aromatic carbocycles. The van der Waals surface area contributed by atoms with Crippen molar-refractivity contribution in [3.63, 3.8) is 0 Å². The maximum Gasteiger partial charge on any atom is 0.251 e. The molecular formula is C16H19N3O4. The zero-order valence-electron chi connectivity index (χ0n) is 12.8. The average Bonchev–Trinajstić information content (AvgIpc) is 2.60. The van der Waals surface area contributed by atoms with Crippen LogP contribution in [0.2, 0.25) is 0 Å². The van der Waals surface area contributed by atoms with E-state index in [4.69, 9.17) is 9.47 Å². The first-order valence-electron chi connectivity index (χ1n) is 7.15. The fraction of sp³-hybridized carbons (Fsp3) is 0.312. The van der Waals surface area contributed by atoms with Crippen LogP contribution in [0.5, 0.6) is 5.88 Å². The lowest BCUT2D eigenvalue weighted by Crippen LogP contribution is -2.28. The van der Waals surface area contributed by atoms with E-state index in [2.05, 4.69) is 15.3 Å². The molecule has 0 radical (unpaired) electrons. The predicted octanol–water partition coefficient (Wildman–Crippen LogP) is 0.965. The Morgan fingerprint density at radius 2 is 2.13 bits per heavy atom. The van der Waals surface area contributed by atoms with Crippen molar-refractivity contribution in [1.29, 1.82) is 0 Å². The maximum atomic E-state index is 12.1. The molecule has 1 atom stereocenters. The lowest BCUT2D eigenvalue weighted by Gasteiger charge is -2.11. The molecule has 7 heteroatoms. The van der Waals surface area contributed by atoms with Gasteiger partial charge in [0, 0.05) is 37.7 Å². The second-order valence-corrected chi connectivity index (χ2v) is 4.70. The molecule has 0 aliphatic rings. The third-order valence-corrected chi connectivity index (χ3v) is 3.02. The first-order valence-corrected chi connectivity index (χ1v) is 7.15. The minimum Gasteiger partial charge on any atom is -0.475 e. The Kier molecular flexibility index (Phi) is 6.46. The van der Waals surface area contributed by atoms with Gasteiger partial charge in [0.15, 0.2) is 0 Å². The van der Waals surface area contributed by atoms with E-state index in [0.29, 0.717) is 30.4 Å². The van der Waals surface area contributed by atoms with Gasteiger partial charge in [0.05, 0.1) is 12.3 Å². The number of amides is 1. The van der Waals surface area contributed by atoms with Crippen molar-refractivity contribution in [2.75, 3.05) is 26.9 Å². The molecule has 0 saturated heterocycles. The summed E-state index contributed by atoms with van der Waals surface area (Å²) in [5.41, 5.74) is 0.909. The molecule has 0 spiro atoms. The number of hydrogen-bond acceptors (Lipinski definition) is 6. The van der Waals surface area contributed by atoms with Crippen molar-refractivity contribution >= 4 is 5.91 Å². The Morgan fingerprint density at radius 3 is 2.87 bits per heavy atom. The zero-order valence-corrected chi connectivity index (χ0v) is 12.8. The molecule has 2 N–H and O–H groups in total. The van der Waals surface area contributed by atoms with Crippen LogP contribution in [-0.2, 0) is 4.74 Å². The monoisotopic (exact) mass is 317 g/mol. The van der Waals surface area contributed by atoms with Crippen molar-refractivity contribution in [3.05, 3.63) is 54.0 Å². The number of carbonyl (C=O) groups excluding carboxylic acids is 1. The molecule has 23 heavy (non-hydrogen) atoms. The average molecular weight is 317 g/mol. The van der Waals surface area contributed by atoms with E-state index in [1.165, 1.54) is 12.3 Å². The number of ether oxygens (including phenoxy) is 2. The molecule has 7 nitrogen and oxygen atoms in total. The van der Waals surface area contributed by atoms with Gasteiger partial charge in [-0.05, 0) is 18.2 Å². The Bertz CT molecular complexity index is 622. The summed E-state index contributed by atoms with van der Waals surface area (Å²) in [4.78, 5) is 20.2. The van der Waals surface area contributed by atoms with Gasteiger partial charge < -0.3 is 19.9 Å². The van der Waals surface area contributed by atoms with Crippen LogP contribution in [0.1, 0.15) is 22.2 Å². The van der Waals surface area contributed by atoms with Gasteiger partial charge in [0.1, 0.15) is 12.7 Å². The summed E-state index contributed by atoms with van der Waals surface area (Å²) in [5.74, 6) is 0.0268. The summed E-state index contributed by atoms with van der Waals surface area (Å²) >= 11 is 0. The summed E-state index contributed by atoms with van der Waals surface area (Å²) in [6, 6.07) is 8.35. The van der Waals surface area contributed by atoms with E-state index in [-0.39, 0.29) is 12.5 Å². The van der Waals surface area contributed by atoms with E-state index >= 15 is 0 Å². The number of aromatic nitrogens is 2. The molecule has 122 valence electrons. The van der Waals surface area contributed by atoms with Gasteiger partial charge in [-0.3, -0.25) is 9.78 Å². The Morgan fingerprint density at radius 1 is 1.26 bits per heavy atom. The number of methoxy groups -OCH3 is 1. The smallest absolute Gasteiger partial charge is 0.251 e. The minimum atomic E-state index is -0.862. The van der Waals surface area contributed by atoms with E-state index in [0.717, 1.165) is 0 Å². The number of hydrogen-bond donors (Lipinski definition) is 2. The number of aliphatic hydroxyl groups is 1. The van der Waals surface area contributed by atoms with E-state index in [1.54, 1.807) is 37.6 Å². The number of nitrogens with one attached hydrogen (secondary N) is 1. The van der Waals surface area contributed by atoms with Gasteiger partial charge in [0.2, 0.25) is 5.88 Å². The Hall–Kier alpha value is -2.51. The van der Waals surface area contributed by atoms with Gasteiger partial charge in [-0.25, -0.2) is 4.98 Å². The van der Waals surface area contributed by atoms with Crippen LogP contribution in [-0.4, -0.2) is 47.8 Å². The summed E-state index contributed by atoms with van der Waals surface area (Å²) < 4.78 is 10.2. The molecular weight excluding hydrogens is 298 g/mol. The standard InChI is InChI=1S/C16H19N3O4/c1-22-8-9-23-15-10-12(5-7-18-15)16(21)19-11-14(20)13-4-2-3-6-17-13/h2-7,10,14,20H,8-9,11H2,1H3,(H,19,21). The molecule has 2 rings (SSSR count). The van der Waals surface area contributed by atoms with E-state index in [1.807, 2.05) is 0 Å². The molecule has 0 bridgehead atoms. The number of carbonyl (C=O) groups is 1. The van der Waals surface area contributed by atoms with Gasteiger partial charge >= 0.3 is 0 Å². The van der Waals surface area contributed by atoms with Crippen LogP contribution in [0, 0.1) is 0 Å². The molecule has 2 aromatic heterocycles. The fourth-order valence-electron chi connectivity index (χ4n) is 1.83. The topological polar surface area (TPSA) is 93.6 Å². The molecule has 0 aliphatic heterocycles. The van der Waals surface area contributed by atoms with E-state index in [9.17, 15) is 9.90 Å². The van der Waals surface area contributed by atoms with Crippen LogP contribution >= 0.6 is 0 Å². The number of aliphatic hydroxyl groups excluding tert-OH is 1. The molecule has 0 fully saturated rings. The van der Waals surface area contributed by atoms with Gasteiger partial charge in [0.25, 0.3) is 5.91 Å². The SMILES string of the molecule is COCCOc1cc(C(=O)NCC(O)c2ccccn2)ccn1. The zero-order chi connectivity index (χ0) is 16.5. The third kappa shape index (κ3) is 5.32. The quantitative estimate of drug-likeness (QED) is 0.705. The highest BCUT2D eigenvalue weighted by molar-refractivity contribution is 5.94. The summed E-state index contributed by atoms with van der Waals surface area (Å²) in [6.07, 6.45) is 2.22. The molecule has 2 aromatic rings. The highest BCUT2D eigenvalue weighted by Gasteiger charge is 2.12. The van der Waals surface area contributed by atoms with Crippen LogP contribution in [0.4, 0.5) is 0 Å². The van der Waals surface area contributed by atoms with Crippen molar-refractivity contribution in [2.24, 2.45) is 0 Å². The number of rotatable bonds is 8. The normalized spacial score (nSPS) is 11.7. The van der Waals surface area contributed by atoms with Crippen molar-refractivity contribution < 1.29 is 19.4 Å².